The number of piperidine rings is 1. The smallest absolute Gasteiger partial charge is 0.256 e. The second kappa shape index (κ2) is 7.82. The molecule has 0 spiro atoms. The Labute approximate surface area is 151 Å². The fourth-order valence-electron chi connectivity index (χ4n) is 2.75. The monoisotopic (exact) mass is 361 g/mol. The Morgan fingerprint density at radius 3 is 2.52 bits per heavy atom. The summed E-state index contributed by atoms with van der Waals surface area (Å²) < 4.78 is 11.2. The summed E-state index contributed by atoms with van der Waals surface area (Å²) in [6.07, 6.45) is 2.83. The summed E-state index contributed by atoms with van der Waals surface area (Å²) in [6, 6.07) is 10.5. The predicted molar refractivity (Wildman–Crippen MR) is 96.2 cm³/mol. The number of aromatic nitrogens is 1. The highest BCUT2D eigenvalue weighted by Crippen LogP contribution is 2.26. The van der Waals surface area contributed by atoms with Gasteiger partial charge in [0, 0.05) is 25.1 Å². The van der Waals surface area contributed by atoms with Gasteiger partial charge in [0.2, 0.25) is 5.88 Å². The number of carbonyl (C=O) groups is 1. The summed E-state index contributed by atoms with van der Waals surface area (Å²) >= 11 is 5.80. The molecule has 2 N–H and O–H groups in total. The molecular weight excluding hydrogens is 342 g/mol. The highest BCUT2D eigenvalue weighted by Gasteiger charge is 2.39. The van der Waals surface area contributed by atoms with Crippen LogP contribution in [0.2, 0.25) is 5.02 Å². The van der Waals surface area contributed by atoms with Crippen LogP contribution in [0.5, 0.6) is 11.6 Å². The number of methoxy groups -OCH3 is 1. The lowest BCUT2D eigenvalue weighted by Gasteiger charge is -2.34. The van der Waals surface area contributed by atoms with Crippen molar-refractivity contribution in [3.63, 3.8) is 0 Å². The molecule has 0 radical (unpaired) electrons. The van der Waals surface area contributed by atoms with Crippen LogP contribution in [-0.2, 0) is 9.53 Å². The van der Waals surface area contributed by atoms with E-state index in [4.69, 9.17) is 21.1 Å². The van der Waals surface area contributed by atoms with Gasteiger partial charge in [-0.15, -0.1) is 0 Å². The molecule has 2 heterocycles. The minimum Gasteiger partial charge on any atom is -0.439 e. The van der Waals surface area contributed by atoms with E-state index in [0.29, 0.717) is 35.2 Å². The number of carbonyl (C=O) groups excluding carboxylic acids is 1. The molecule has 7 heteroatoms. The molecule has 1 aromatic carbocycles. The van der Waals surface area contributed by atoms with Gasteiger partial charge in [0.1, 0.15) is 11.4 Å². The first-order valence-corrected chi connectivity index (χ1v) is 8.46. The van der Waals surface area contributed by atoms with Crippen molar-refractivity contribution in [2.75, 3.05) is 25.5 Å². The molecule has 1 saturated heterocycles. The Morgan fingerprint density at radius 1 is 1.20 bits per heavy atom. The van der Waals surface area contributed by atoms with Crippen molar-refractivity contribution in [1.82, 2.24) is 10.3 Å². The van der Waals surface area contributed by atoms with Crippen molar-refractivity contribution in [3.05, 3.63) is 47.6 Å². The standard InChI is InChI=1S/C18H20ClN3O3/c1-24-18(8-10-20-11-9-18)17(23)22-14-3-5-15(6-4-14)25-16-7-2-13(19)12-21-16/h2-7,12,20H,8-11H2,1H3,(H,22,23). The Hall–Kier alpha value is -2.15. The fourth-order valence-corrected chi connectivity index (χ4v) is 2.86. The quantitative estimate of drug-likeness (QED) is 0.855. The minimum absolute atomic E-state index is 0.121. The third-order valence-electron chi connectivity index (χ3n) is 4.25. The van der Waals surface area contributed by atoms with Gasteiger partial charge in [-0.25, -0.2) is 4.98 Å². The number of nitrogens with one attached hydrogen (secondary N) is 2. The molecule has 1 aromatic heterocycles. The van der Waals surface area contributed by atoms with Crippen molar-refractivity contribution in [2.45, 2.75) is 18.4 Å². The van der Waals surface area contributed by atoms with Crippen molar-refractivity contribution >= 4 is 23.2 Å². The van der Waals surface area contributed by atoms with E-state index in [9.17, 15) is 4.79 Å². The first-order valence-electron chi connectivity index (χ1n) is 8.08. The number of halogens is 1. The normalized spacial score (nSPS) is 16.2. The van der Waals surface area contributed by atoms with Gasteiger partial charge in [-0.05, 0) is 56.3 Å². The number of pyridine rings is 1. The highest BCUT2D eigenvalue weighted by molar-refractivity contribution is 6.30. The molecule has 1 amide bonds. The average Bonchev–Trinajstić information content (AvgIpc) is 2.65. The fraction of sp³-hybridized carbons (Fsp3) is 0.333. The van der Waals surface area contributed by atoms with E-state index in [1.807, 2.05) is 0 Å². The van der Waals surface area contributed by atoms with Crippen LogP contribution in [0.1, 0.15) is 12.8 Å². The zero-order valence-corrected chi connectivity index (χ0v) is 14.7. The Kier molecular flexibility index (Phi) is 5.53. The highest BCUT2D eigenvalue weighted by atomic mass is 35.5. The van der Waals surface area contributed by atoms with E-state index in [2.05, 4.69) is 15.6 Å². The third kappa shape index (κ3) is 4.28. The number of anilines is 1. The lowest BCUT2D eigenvalue weighted by atomic mass is 9.91. The van der Waals surface area contributed by atoms with Gasteiger partial charge < -0.3 is 20.1 Å². The molecule has 1 aliphatic rings. The molecular formula is C18H20ClN3O3. The summed E-state index contributed by atoms with van der Waals surface area (Å²) in [5.74, 6) is 0.954. The number of amides is 1. The largest absolute Gasteiger partial charge is 0.439 e. The number of nitrogens with zero attached hydrogens (tertiary/aromatic N) is 1. The summed E-state index contributed by atoms with van der Waals surface area (Å²) in [5.41, 5.74) is -0.0791. The van der Waals surface area contributed by atoms with Crippen molar-refractivity contribution < 1.29 is 14.3 Å². The third-order valence-corrected chi connectivity index (χ3v) is 4.47. The summed E-state index contributed by atoms with van der Waals surface area (Å²) in [5, 5.41) is 6.71. The van der Waals surface area contributed by atoms with Crippen molar-refractivity contribution in [1.29, 1.82) is 0 Å². The van der Waals surface area contributed by atoms with Crippen LogP contribution in [0.25, 0.3) is 0 Å². The van der Waals surface area contributed by atoms with Crippen LogP contribution in [-0.4, -0.2) is 36.7 Å². The van der Waals surface area contributed by atoms with Crippen LogP contribution in [0.4, 0.5) is 5.69 Å². The van der Waals surface area contributed by atoms with E-state index < -0.39 is 5.60 Å². The van der Waals surface area contributed by atoms with Gasteiger partial charge in [0.05, 0.1) is 5.02 Å². The minimum atomic E-state index is -0.770. The van der Waals surface area contributed by atoms with Crippen LogP contribution in [0.3, 0.4) is 0 Å². The second-order valence-electron chi connectivity index (χ2n) is 5.84. The van der Waals surface area contributed by atoms with Crippen molar-refractivity contribution in [2.24, 2.45) is 0 Å². The molecule has 0 unspecified atom stereocenters. The SMILES string of the molecule is COC1(C(=O)Nc2ccc(Oc3ccc(Cl)cn3)cc2)CCNCC1. The van der Waals surface area contributed by atoms with Crippen LogP contribution >= 0.6 is 11.6 Å². The molecule has 0 atom stereocenters. The lowest BCUT2D eigenvalue weighted by Crippen LogP contribution is -2.51. The molecule has 3 rings (SSSR count). The summed E-state index contributed by atoms with van der Waals surface area (Å²) in [4.78, 5) is 16.7. The molecule has 25 heavy (non-hydrogen) atoms. The van der Waals surface area contributed by atoms with Gasteiger partial charge in [-0.3, -0.25) is 4.79 Å². The Morgan fingerprint density at radius 2 is 1.92 bits per heavy atom. The zero-order valence-electron chi connectivity index (χ0n) is 13.9. The molecule has 0 bridgehead atoms. The Bertz CT molecular complexity index is 713. The molecule has 0 aliphatic carbocycles. The maximum atomic E-state index is 12.6. The first kappa shape index (κ1) is 17.7. The van der Waals surface area contributed by atoms with Crippen LogP contribution in [0.15, 0.2) is 42.6 Å². The number of hydrogen-bond acceptors (Lipinski definition) is 5. The van der Waals surface area contributed by atoms with Crippen LogP contribution < -0.4 is 15.4 Å². The van der Waals surface area contributed by atoms with Gasteiger partial charge in [0.25, 0.3) is 5.91 Å². The van der Waals surface area contributed by atoms with E-state index in [1.165, 1.54) is 6.20 Å². The predicted octanol–water partition coefficient (Wildman–Crippen LogP) is 3.23. The van der Waals surface area contributed by atoms with E-state index in [1.54, 1.807) is 43.5 Å². The molecule has 0 saturated carbocycles. The van der Waals surface area contributed by atoms with E-state index in [-0.39, 0.29) is 5.91 Å². The van der Waals surface area contributed by atoms with E-state index >= 15 is 0 Å². The Balaban J connectivity index is 1.63. The maximum absolute atomic E-state index is 12.6. The molecule has 6 nitrogen and oxygen atoms in total. The lowest BCUT2D eigenvalue weighted by molar-refractivity contribution is -0.140. The second-order valence-corrected chi connectivity index (χ2v) is 6.28. The molecule has 1 aliphatic heterocycles. The number of hydrogen-bond donors (Lipinski definition) is 2. The zero-order chi connectivity index (χ0) is 17.7. The summed E-state index contributed by atoms with van der Waals surface area (Å²) in [6.45, 7) is 1.53. The number of benzene rings is 1. The van der Waals surface area contributed by atoms with Gasteiger partial charge in [0.15, 0.2) is 0 Å². The molecule has 132 valence electrons. The molecule has 1 fully saturated rings. The first-order chi connectivity index (χ1) is 12.1. The average molecular weight is 362 g/mol. The van der Waals surface area contributed by atoms with Gasteiger partial charge in [-0.1, -0.05) is 11.6 Å². The topological polar surface area (TPSA) is 72.5 Å². The number of ether oxygens (including phenoxy) is 2. The van der Waals surface area contributed by atoms with Gasteiger partial charge >= 0.3 is 0 Å². The maximum Gasteiger partial charge on any atom is 0.256 e. The molecule has 2 aromatic rings. The van der Waals surface area contributed by atoms with E-state index in [0.717, 1.165) is 13.1 Å². The number of rotatable bonds is 5. The van der Waals surface area contributed by atoms with Gasteiger partial charge in [-0.2, -0.15) is 0 Å². The van der Waals surface area contributed by atoms with Crippen LogP contribution in [0, 0.1) is 0 Å². The van der Waals surface area contributed by atoms with Crippen molar-refractivity contribution in [3.8, 4) is 11.6 Å². The summed E-state index contributed by atoms with van der Waals surface area (Å²) in [7, 11) is 1.58.